The fourth-order valence-corrected chi connectivity index (χ4v) is 1.98. The maximum absolute atomic E-state index is 8.93. The molecule has 3 atom stereocenters. The van der Waals surface area contributed by atoms with E-state index in [1.165, 1.54) is 12.8 Å². The molecule has 66 valence electrons. The molecule has 2 nitrogen and oxygen atoms in total. The van der Waals surface area contributed by atoms with Gasteiger partial charge in [0.25, 0.3) is 0 Å². The Hall–Kier alpha value is -0.0800. The highest BCUT2D eigenvalue weighted by atomic mass is 16.3. The lowest BCUT2D eigenvalue weighted by atomic mass is 9.85. The van der Waals surface area contributed by atoms with Crippen LogP contribution in [-0.4, -0.2) is 24.3 Å². The Kier molecular flexibility index (Phi) is 3.34. The molecule has 1 heterocycles. The second-order valence-corrected chi connectivity index (χ2v) is 3.68. The summed E-state index contributed by atoms with van der Waals surface area (Å²) >= 11 is 0. The van der Waals surface area contributed by atoms with Crippen molar-refractivity contribution in [2.45, 2.75) is 32.7 Å². The van der Waals surface area contributed by atoms with Crippen LogP contribution in [0.2, 0.25) is 0 Å². The predicted octanol–water partition coefficient (Wildman–Crippen LogP) is 1.00. The normalized spacial score (nSPS) is 39.0. The molecule has 1 fully saturated rings. The molecule has 1 saturated heterocycles. The Morgan fingerprint density at radius 3 is 2.73 bits per heavy atom. The highest BCUT2D eigenvalue weighted by molar-refractivity contribution is 4.81. The molecular weight excluding hydrogens is 138 g/mol. The van der Waals surface area contributed by atoms with E-state index in [0.29, 0.717) is 18.6 Å². The minimum absolute atomic E-state index is 0.341. The molecule has 2 heteroatoms. The Morgan fingerprint density at radius 1 is 1.55 bits per heavy atom. The summed E-state index contributed by atoms with van der Waals surface area (Å²) in [5, 5.41) is 12.4. The number of aliphatic hydroxyl groups is 1. The molecule has 1 rings (SSSR count). The van der Waals surface area contributed by atoms with Gasteiger partial charge in [0, 0.05) is 19.2 Å². The van der Waals surface area contributed by atoms with Crippen LogP contribution in [0.15, 0.2) is 0 Å². The maximum atomic E-state index is 8.93. The van der Waals surface area contributed by atoms with E-state index >= 15 is 0 Å². The molecule has 0 saturated carbocycles. The first-order valence-corrected chi connectivity index (χ1v) is 4.62. The van der Waals surface area contributed by atoms with Gasteiger partial charge in [0.15, 0.2) is 0 Å². The van der Waals surface area contributed by atoms with E-state index in [0.717, 1.165) is 12.5 Å². The van der Waals surface area contributed by atoms with Crippen LogP contribution in [0.4, 0.5) is 0 Å². The van der Waals surface area contributed by atoms with Crippen molar-refractivity contribution in [3.05, 3.63) is 0 Å². The number of nitrogens with one attached hydrogen (secondary N) is 1. The van der Waals surface area contributed by atoms with Crippen LogP contribution in [0.25, 0.3) is 0 Å². The van der Waals surface area contributed by atoms with Gasteiger partial charge in [0.05, 0.1) is 0 Å². The second-order valence-electron chi connectivity index (χ2n) is 3.68. The van der Waals surface area contributed by atoms with Crippen molar-refractivity contribution in [1.82, 2.24) is 5.32 Å². The highest BCUT2D eigenvalue weighted by Gasteiger charge is 2.24. The lowest BCUT2D eigenvalue weighted by Crippen LogP contribution is -2.44. The highest BCUT2D eigenvalue weighted by Crippen LogP contribution is 2.21. The van der Waals surface area contributed by atoms with E-state index in [9.17, 15) is 0 Å². The third kappa shape index (κ3) is 2.17. The first kappa shape index (κ1) is 9.01. The van der Waals surface area contributed by atoms with Crippen molar-refractivity contribution in [2.75, 3.05) is 13.2 Å². The predicted molar refractivity (Wildman–Crippen MR) is 46.4 cm³/mol. The zero-order valence-corrected chi connectivity index (χ0v) is 7.51. The standard InChI is InChI=1S/C9H19NO/c1-3-9-7(2)4-8(6-11)5-10-9/h7-11H,3-6H2,1-2H3. The molecule has 0 aliphatic carbocycles. The fraction of sp³-hybridized carbons (Fsp3) is 1.00. The van der Waals surface area contributed by atoms with Crippen LogP contribution in [-0.2, 0) is 0 Å². The quantitative estimate of drug-likeness (QED) is 0.627. The summed E-state index contributed by atoms with van der Waals surface area (Å²) in [4.78, 5) is 0. The molecule has 0 aromatic heterocycles. The van der Waals surface area contributed by atoms with Gasteiger partial charge in [0.2, 0.25) is 0 Å². The van der Waals surface area contributed by atoms with Crippen molar-refractivity contribution in [3.63, 3.8) is 0 Å². The number of aliphatic hydroxyl groups excluding tert-OH is 1. The summed E-state index contributed by atoms with van der Waals surface area (Å²) < 4.78 is 0. The molecule has 0 aromatic carbocycles. The summed E-state index contributed by atoms with van der Waals surface area (Å²) in [5.41, 5.74) is 0. The van der Waals surface area contributed by atoms with Crippen molar-refractivity contribution in [2.24, 2.45) is 11.8 Å². The lowest BCUT2D eigenvalue weighted by molar-refractivity contribution is 0.149. The molecule has 1 aliphatic heterocycles. The zero-order chi connectivity index (χ0) is 8.27. The lowest BCUT2D eigenvalue weighted by Gasteiger charge is -2.33. The molecule has 0 bridgehead atoms. The summed E-state index contributed by atoms with van der Waals surface area (Å²) in [7, 11) is 0. The van der Waals surface area contributed by atoms with Gasteiger partial charge in [-0.1, -0.05) is 13.8 Å². The van der Waals surface area contributed by atoms with Crippen LogP contribution in [0.5, 0.6) is 0 Å². The molecule has 0 amide bonds. The first-order chi connectivity index (χ1) is 5.27. The Labute approximate surface area is 69.0 Å². The molecule has 3 unspecified atom stereocenters. The number of hydrogen-bond acceptors (Lipinski definition) is 2. The van der Waals surface area contributed by atoms with Gasteiger partial charge in [0.1, 0.15) is 0 Å². The van der Waals surface area contributed by atoms with Crippen LogP contribution in [0.1, 0.15) is 26.7 Å². The minimum Gasteiger partial charge on any atom is -0.396 e. The Balaban J connectivity index is 2.34. The van der Waals surface area contributed by atoms with Gasteiger partial charge in [-0.2, -0.15) is 0 Å². The molecule has 1 aliphatic rings. The number of piperidine rings is 1. The second kappa shape index (κ2) is 4.07. The molecule has 11 heavy (non-hydrogen) atoms. The Morgan fingerprint density at radius 2 is 2.27 bits per heavy atom. The average Bonchev–Trinajstić information content (AvgIpc) is 2.04. The average molecular weight is 157 g/mol. The van der Waals surface area contributed by atoms with Crippen LogP contribution in [0, 0.1) is 11.8 Å². The third-order valence-electron chi connectivity index (χ3n) is 2.76. The molecule has 0 aromatic rings. The minimum atomic E-state index is 0.341. The summed E-state index contributed by atoms with van der Waals surface area (Å²) in [6, 6.07) is 0.679. The van der Waals surface area contributed by atoms with Crippen molar-refractivity contribution < 1.29 is 5.11 Å². The summed E-state index contributed by atoms with van der Waals surface area (Å²) in [5.74, 6) is 1.22. The van der Waals surface area contributed by atoms with Crippen molar-refractivity contribution >= 4 is 0 Å². The van der Waals surface area contributed by atoms with Gasteiger partial charge in [-0.25, -0.2) is 0 Å². The SMILES string of the molecule is CCC1NCC(CO)CC1C. The smallest absolute Gasteiger partial charge is 0.0471 e. The molecule has 0 radical (unpaired) electrons. The van der Waals surface area contributed by atoms with Crippen molar-refractivity contribution in [1.29, 1.82) is 0 Å². The summed E-state index contributed by atoms with van der Waals surface area (Å²) in [6.45, 7) is 5.82. The topological polar surface area (TPSA) is 32.3 Å². The molecular formula is C9H19NO. The van der Waals surface area contributed by atoms with E-state index in [1.807, 2.05) is 0 Å². The van der Waals surface area contributed by atoms with Gasteiger partial charge >= 0.3 is 0 Å². The molecule has 2 N–H and O–H groups in total. The van der Waals surface area contributed by atoms with Gasteiger partial charge in [-0.15, -0.1) is 0 Å². The van der Waals surface area contributed by atoms with E-state index in [4.69, 9.17) is 5.11 Å². The van der Waals surface area contributed by atoms with Gasteiger partial charge in [-0.3, -0.25) is 0 Å². The first-order valence-electron chi connectivity index (χ1n) is 4.62. The van der Waals surface area contributed by atoms with E-state index < -0.39 is 0 Å². The molecule has 0 spiro atoms. The van der Waals surface area contributed by atoms with Crippen molar-refractivity contribution in [3.8, 4) is 0 Å². The number of rotatable bonds is 2. The van der Waals surface area contributed by atoms with Gasteiger partial charge < -0.3 is 10.4 Å². The Bertz CT molecular complexity index is 116. The van der Waals surface area contributed by atoms with E-state index in [1.54, 1.807) is 0 Å². The van der Waals surface area contributed by atoms with Crippen LogP contribution in [0.3, 0.4) is 0 Å². The number of hydrogen-bond donors (Lipinski definition) is 2. The maximum Gasteiger partial charge on any atom is 0.0471 e. The third-order valence-corrected chi connectivity index (χ3v) is 2.76. The monoisotopic (exact) mass is 157 g/mol. The fourth-order valence-electron chi connectivity index (χ4n) is 1.98. The van der Waals surface area contributed by atoms with E-state index in [2.05, 4.69) is 19.2 Å². The van der Waals surface area contributed by atoms with Crippen LogP contribution < -0.4 is 5.32 Å². The zero-order valence-electron chi connectivity index (χ0n) is 7.51. The van der Waals surface area contributed by atoms with Crippen LogP contribution >= 0.6 is 0 Å². The summed E-state index contributed by atoms with van der Waals surface area (Å²) in [6.07, 6.45) is 2.39. The van der Waals surface area contributed by atoms with Gasteiger partial charge in [-0.05, 0) is 24.7 Å². The largest absolute Gasteiger partial charge is 0.396 e. The van der Waals surface area contributed by atoms with E-state index in [-0.39, 0.29) is 0 Å².